The molecule has 0 radical (unpaired) electrons. The summed E-state index contributed by atoms with van der Waals surface area (Å²) in [6.07, 6.45) is 3.95. The summed E-state index contributed by atoms with van der Waals surface area (Å²) >= 11 is 0. The standard InChI is InChI=1S/C17H21N7O2/c1-12(19-17(25)7-8-23-13(2)20-21-22-23)14-10-18-24(11-14)15-5-4-6-16(9-15)26-3/h4-6,9-12H,7-8H2,1-3H3,(H,19,25). The van der Waals surface area contributed by atoms with Gasteiger partial charge in [-0.2, -0.15) is 5.10 Å². The van der Waals surface area contributed by atoms with E-state index < -0.39 is 0 Å². The number of aromatic nitrogens is 6. The molecule has 1 amide bonds. The van der Waals surface area contributed by atoms with Crippen LogP contribution in [0.1, 0.15) is 30.8 Å². The van der Waals surface area contributed by atoms with Crippen LogP contribution < -0.4 is 10.1 Å². The Kier molecular flexibility index (Phi) is 5.26. The number of ether oxygens (including phenoxy) is 1. The fourth-order valence-corrected chi connectivity index (χ4v) is 2.51. The number of benzene rings is 1. The number of tetrazole rings is 1. The molecule has 26 heavy (non-hydrogen) atoms. The molecule has 3 rings (SSSR count). The summed E-state index contributed by atoms with van der Waals surface area (Å²) in [6.45, 7) is 4.17. The number of carbonyl (C=O) groups excluding carboxylic acids is 1. The van der Waals surface area contributed by atoms with Gasteiger partial charge >= 0.3 is 0 Å². The molecule has 3 aromatic rings. The average Bonchev–Trinajstić information content (AvgIpc) is 3.29. The fourth-order valence-electron chi connectivity index (χ4n) is 2.51. The van der Waals surface area contributed by atoms with Crippen molar-refractivity contribution in [1.82, 2.24) is 35.3 Å². The Labute approximate surface area is 151 Å². The fraction of sp³-hybridized carbons (Fsp3) is 0.353. The zero-order valence-electron chi connectivity index (χ0n) is 15.0. The molecule has 2 aromatic heterocycles. The van der Waals surface area contributed by atoms with Gasteiger partial charge in [0.1, 0.15) is 11.6 Å². The number of methoxy groups -OCH3 is 1. The summed E-state index contributed by atoms with van der Waals surface area (Å²) in [5.41, 5.74) is 1.81. The van der Waals surface area contributed by atoms with Gasteiger partial charge < -0.3 is 10.1 Å². The third kappa shape index (κ3) is 4.05. The van der Waals surface area contributed by atoms with Crippen LogP contribution in [0.5, 0.6) is 5.75 Å². The van der Waals surface area contributed by atoms with Crippen LogP contribution in [0.4, 0.5) is 0 Å². The van der Waals surface area contributed by atoms with Crippen LogP contribution in [0.2, 0.25) is 0 Å². The number of rotatable bonds is 7. The van der Waals surface area contributed by atoms with E-state index in [0.717, 1.165) is 17.0 Å². The molecule has 0 bridgehead atoms. The van der Waals surface area contributed by atoms with Crippen molar-refractivity contribution in [2.45, 2.75) is 32.9 Å². The Bertz CT molecular complexity index is 887. The van der Waals surface area contributed by atoms with E-state index in [0.29, 0.717) is 18.8 Å². The van der Waals surface area contributed by atoms with E-state index in [4.69, 9.17) is 4.74 Å². The summed E-state index contributed by atoms with van der Waals surface area (Å²) in [5.74, 6) is 1.38. The minimum absolute atomic E-state index is 0.0680. The van der Waals surface area contributed by atoms with Crippen molar-refractivity contribution < 1.29 is 9.53 Å². The van der Waals surface area contributed by atoms with E-state index >= 15 is 0 Å². The predicted molar refractivity (Wildman–Crippen MR) is 93.8 cm³/mol. The van der Waals surface area contributed by atoms with Crippen molar-refractivity contribution in [3.63, 3.8) is 0 Å². The maximum absolute atomic E-state index is 12.2. The normalized spacial score (nSPS) is 12.0. The Morgan fingerprint density at radius 2 is 2.23 bits per heavy atom. The lowest BCUT2D eigenvalue weighted by Gasteiger charge is -2.12. The van der Waals surface area contributed by atoms with Crippen LogP contribution in [-0.4, -0.2) is 43.0 Å². The molecular weight excluding hydrogens is 334 g/mol. The maximum atomic E-state index is 12.2. The number of aryl methyl sites for hydroxylation is 2. The van der Waals surface area contributed by atoms with E-state index in [1.807, 2.05) is 37.4 Å². The average molecular weight is 355 g/mol. The maximum Gasteiger partial charge on any atom is 0.222 e. The highest BCUT2D eigenvalue weighted by molar-refractivity contribution is 5.76. The van der Waals surface area contributed by atoms with Crippen LogP contribution in [0.3, 0.4) is 0 Å². The van der Waals surface area contributed by atoms with E-state index in [-0.39, 0.29) is 11.9 Å². The van der Waals surface area contributed by atoms with Crippen molar-refractivity contribution in [3.05, 3.63) is 48.0 Å². The van der Waals surface area contributed by atoms with E-state index in [2.05, 4.69) is 25.9 Å². The lowest BCUT2D eigenvalue weighted by molar-refractivity contribution is -0.122. The Hall–Kier alpha value is -3.23. The number of carbonyl (C=O) groups is 1. The molecule has 0 aliphatic rings. The molecule has 1 N–H and O–H groups in total. The summed E-state index contributed by atoms with van der Waals surface area (Å²) in [6, 6.07) is 7.47. The van der Waals surface area contributed by atoms with Crippen molar-refractivity contribution in [2.24, 2.45) is 0 Å². The molecule has 0 saturated heterocycles. The first-order chi connectivity index (χ1) is 12.6. The van der Waals surface area contributed by atoms with Crippen LogP contribution in [0.15, 0.2) is 36.7 Å². The summed E-state index contributed by atoms with van der Waals surface area (Å²) in [4.78, 5) is 12.2. The zero-order chi connectivity index (χ0) is 18.5. The smallest absolute Gasteiger partial charge is 0.222 e. The molecule has 1 atom stereocenters. The van der Waals surface area contributed by atoms with Crippen LogP contribution in [0, 0.1) is 6.92 Å². The van der Waals surface area contributed by atoms with Gasteiger partial charge in [0.05, 0.1) is 31.6 Å². The molecule has 0 saturated carbocycles. The second-order valence-corrected chi connectivity index (χ2v) is 5.91. The minimum Gasteiger partial charge on any atom is -0.497 e. The first kappa shape index (κ1) is 17.6. The number of nitrogens with one attached hydrogen (secondary N) is 1. The quantitative estimate of drug-likeness (QED) is 0.688. The molecule has 0 fully saturated rings. The number of hydrogen-bond acceptors (Lipinski definition) is 6. The molecule has 1 aromatic carbocycles. The van der Waals surface area contributed by atoms with Gasteiger partial charge in [-0.1, -0.05) is 6.07 Å². The van der Waals surface area contributed by atoms with Crippen molar-refractivity contribution in [3.8, 4) is 11.4 Å². The number of hydrogen-bond donors (Lipinski definition) is 1. The highest BCUT2D eigenvalue weighted by Crippen LogP contribution is 2.18. The monoisotopic (exact) mass is 355 g/mol. The molecule has 0 aliphatic heterocycles. The van der Waals surface area contributed by atoms with Gasteiger partial charge in [0, 0.05) is 24.2 Å². The van der Waals surface area contributed by atoms with E-state index in [1.54, 1.807) is 29.6 Å². The highest BCUT2D eigenvalue weighted by Gasteiger charge is 2.13. The van der Waals surface area contributed by atoms with Gasteiger partial charge in [-0.25, -0.2) is 9.36 Å². The van der Waals surface area contributed by atoms with Crippen LogP contribution >= 0.6 is 0 Å². The molecule has 136 valence electrons. The van der Waals surface area contributed by atoms with Gasteiger partial charge in [0.15, 0.2) is 0 Å². The Morgan fingerprint density at radius 1 is 1.38 bits per heavy atom. The van der Waals surface area contributed by atoms with Crippen molar-refractivity contribution in [1.29, 1.82) is 0 Å². The summed E-state index contributed by atoms with van der Waals surface area (Å²) < 4.78 is 8.59. The first-order valence-corrected chi connectivity index (χ1v) is 8.28. The SMILES string of the molecule is COc1cccc(-n2cc(C(C)NC(=O)CCn3nnnc3C)cn2)c1. The lowest BCUT2D eigenvalue weighted by Crippen LogP contribution is -2.27. The summed E-state index contributed by atoms with van der Waals surface area (Å²) in [5, 5.41) is 18.5. The zero-order valence-corrected chi connectivity index (χ0v) is 15.0. The molecule has 9 nitrogen and oxygen atoms in total. The largest absolute Gasteiger partial charge is 0.497 e. The van der Waals surface area contributed by atoms with Gasteiger partial charge in [-0.15, -0.1) is 5.10 Å². The van der Waals surface area contributed by atoms with Crippen LogP contribution in [0.25, 0.3) is 5.69 Å². The Morgan fingerprint density at radius 3 is 2.96 bits per heavy atom. The van der Waals surface area contributed by atoms with Crippen molar-refractivity contribution >= 4 is 5.91 Å². The van der Waals surface area contributed by atoms with Gasteiger partial charge in [-0.05, 0) is 36.4 Å². The third-order valence-electron chi connectivity index (χ3n) is 4.06. The topological polar surface area (TPSA) is 99.8 Å². The highest BCUT2D eigenvalue weighted by atomic mass is 16.5. The van der Waals surface area contributed by atoms with Gasteiger partial charge in [-0.3, -0.25) is 4.79 Å². The molecule has 1 unspecified atom stereocenters. The Balaban J connectivity index is 1.59. The molecule has 2 heterocycles. The second kappa shape index (κ2) is 7.77. The van der Waals surface area contributed by atoms with Gasteiger partial charge in [0.25, 0.3) is 0 Å². The van der Waals surface area contributed by atoms with Crippen LogP contribution in [-0.2, 0) is 11.3 Å². The molecular formula is C17H21N7O2. The van der Waals surface area contributed by atoms with E-state index in [9.17, 15) is 4.79 Å². The molecule has 0 spiro atoms. The minimum atomic E-state index is -0.156. The molecule has 0 aliphatic carbocycles. The first-order valence-electron chi connectivity index (χ1n) is 8.28. The third-order valence-corrected chi connectivity index (χ3v) is 4.06. The summed E-state index contributed by atoms with van der Waals surface area (Å²) in [7, 11) is 1.63. The van der Waals surface area contributed by atoms with E-state index in [1.165, 1.54) is 0 Å². The lowest BCUT2D eigenvalue weighted by atomic mass is 10.2. The number of nitrogens with zero attached hydrogens (tertiary/aromatic N) is 6. The van der Waals surface area contributed by atoms with Crippen molar-refractivity contribution in [2.75, 3.05) is 7.11 Å². The van der Waals surface area contributed by atoms with Gasteiger partial charge in [0.2, 0.25) is 5.91 Å². The number of amides is 1. The second-order valence-electron chi connectivity index (χ2n) is 5.91. The predicted octanol–water partition coefficient (Wildman–Crippen LogP) is 1.44. The molecule has 9 heteroatoms.